The zero-order valence-electron chi connectivity index (χ0n) is 10.2. The molecule has 1 saturated heterocycles. The molecule has 1 heterocycles. The summed E-state index contributed by atoms with van der Waals surface area (Å²) in [5.74, 6) is -1.18. The van der Waals surface area contributed by atoms with Crippen molar-refractivity contribution in [1.29, 1.82) is 0 Å². The summed E-state index contributed by atoms with van der Waals surface area (Å²) >= 11 is 0. The maximum atomic E-state index is 13.6. The Morgan fingerprint density at radius 3 is 2.29 bits per heavy atom. The predicted molar refractivity (Wildman–Crippen MR) is 62.2 cm³/mol. The number of hydrogen-bond acceptors (Lipinski definition) is 2. The lowest BCUT2D eigenvalue weighted by Crippen LogP contribution is -2.48. The molecule has 1 aromatic carbocycles. The molecule has 1 aliphatic rings. The van der Waals surface area contributed by atoms with Gasteiger partial charge in [-0.2, -0.15) is 0 Å². The summed E-state index contributed by atoms with van der Waals surface area (Å²) in [7, 11) is -0.734. The average Bonchev–Trinajstić information content (AvgIpc) is 2.24. The van der Waals surface area contributed by atoms with Crippen molar-refractivity contribution in [3.63, 3.8) is 0 Å². The lowest BCUT2D eigenvalue weighted by Gasteiger charge is -2.33. The van der Waals surface area contributed by atoms with Crippen molar-refractivity contribution in [3.8, 4) is 0 Å². The van der Waals surface area contributed by atoms with Crippen molar-refractivity contribution >= 4 is 12.6 Å². The minimum absolute atomic E-state index is 0.0674. The number of aryl methyl sites for hydroxylation is 1. The molecule has 5 heteroatoms. The molecule has 2 rings (SSSR count). The summed E-state index contributed by atoms with van der Waals surface area (Å²) in [4.78, 5) is 0. The van der Waals surface area contributed by atoms with E-state index >= 15 is 0 Å². The average molecular weight is 240 g/mol. The normalized spacial score (nSPS) is 19.5. The fourth-order valence-electron chi connectivity index (χ4n) is 1.73. The highest BCUT2D eigenvalue weighted by atomic mass is 19.1. The molecule has 1 aromatic rings. The molecule has 0 N–H and O–H groups in total. The van der Waals surface area contributed by atoms with Gasteiger partial charge in [-0.1, -0.05) is 19.9 Å². The first kappa shape index (κ1) is 12.5. The molecule has 0 radical (unpaired) electrons. The zero-order chi connectivity index (χ0) is 12.6. The fourth-order valence-corrected chi connectivity index (χ4v) is 1.73. The number of benzene rings is 1. The standard InChI is InChI=1S/C12H15BF2O2/c1-8-4-9(11(15)5-10(8)14)13-16-6-12(2,3)7-17-13/h4-5H,6-7H2,1-3H3. The third kappa shape index (κ3) is 2.66. The Kier molecular flexibility index (Phi) is 3.23. The van der Waals surface area contributed by atoms with Gasteiger partial charge in [-0.05, 0) is 12.5 Å². The lowest BCUT2D eigenvalue weighted by atomic mass is 9.75. The van der Waals surface area contributed by atoms with Gasteiger partial charge in [0.05, 0.1) is 0 Å². The molecule has 0 unspecified atom stereocenters. The van der Waals surface area contributed by atoms with Crippen molar-refractivity contribution < 1.29 is 18.1 Å². The quantitative estimate of drug-likeness (QED) is 0.699. The summed E-state index contributed by atoms with van der Waals surface area (Å²) in [5.41, 5.74) is 0.583. The highest BCUT2D eigenvalue weighted by Gasteiger charge is 2.35. The van der Waals surface area contributed by atoms with Gasteiger partial charge in [0.15, 0.2) is 0 Å². The van der Waals surface area contributed by atoms with Crippen LogP contribution in [0.1, 0.15) is 19.4 Å². The Hall–Kier alpha value is -0.935. The van der Waals surface area contributed by atoms with Crippen LogP contribution >= 0.6 is 0 Å². The first-order valence-electron chi connectivity index (χ1n) is 5.58. The van der Waals surface area contributed by atoms with Crippen molar-refractivity contribution in [2.75, 3.05) is 13.2 Å². The van der Waals surface area contributed by atoms with Crippen LogP contribution in [0.25, 0.3) is 0 Å². The molecular weight excluding hydrogens is 225 g/mol. The van der Waals surface area contributed by atoms with Crippen LogP contribution < -0.4 is 5.46 Å². The highest BCUT2D eigenvalue weighted by molar-refractivity contribution is 6.61. The van der Waals surface area contributed by atoms with E-state index in [0.717, 1.165) is 6.07 Å². The molecule has 0 amide bonds. The Morgan fingerprint density at radius 2 is 1.71 bits per heavy atom. The van der Waals surface area contributed by atoms with Crippen molar-refractivity contribution in [3.05, 3.63) is 29.3 Å². The van der Waals surface area contributed by atoms with Crippen LogP contribution in [-0.4, -0.2) is 20.3 Å². The van der Waals surface area contributed by atoms with Gasteiger partial charge in [-0.15, -0.1) is 0 Å². The Morgan fingerprint density at radius 1 is 1.12 bits per heavy atom. The van der Waals surface area contributed by atoms with Crippen LogP contribution in [0.15, 0.2) is 12.1 Å². The molecule has 1 fully saturated rings. The van der Waals surface area contributed by atoms with E-state index < -0.39 is 18.8 Å². The number of halogens is 2. The molecule has 0 bridgehead atoms. The molecule has 0 atom stereocenters. The van der Waals surface area contributed by atoms with Crippen LogP contribution in [0.2, 0.25) is 0 Å². The molecular formula is C12H15BF2O2. The van der Waals surface area contributed by atoms with E-state index in [0.29, 0.717) is 18.8 Å². The van der Waals surface area contributed by atoms with E-state index in [1.54, 1.807) is 6.92 Å². The van der Waals surface area contributed by atoms with Gasteiger partial charge in [0, 0.05) is 30.2 Å². The van der Waals surface area contributed by atoms with E-state index in [-0.39, 0.29) is 10.9 Å². The molecule has 0 aromatic heterocycles. The molecule has 1 aliphatic heterocycles. The maximum absolute atomic E-state index is 13.6. The largest absolute Gasteiger partial charge is 0.496 e. The monoisotopic (exact) mass is 240 g/mol. The van der Waals surface area contributed by atoms with Gasteiger partial charge < -0.3 is 9.31 Å². The summed E-state index contributed by atoms with van der Waals surface area (Å²) in [5, 5.41) is 0. The first-order chi connectivity index (χ1) is 7.89. The van der Waals surface area contributed by atoms with E-state index in [1.807, 2.05) is 13.8 Å². The van der Waals surface area contributed by atoms with Crippen molar-refractivity contribution in [2.24, 2.45) is 5.41 Å². The molecule has 0 saturated carbocycles. The van der Waals surface area contributed by atoms with Crippen LogP contribution in [0.3, 0.4) is 0 Å². The van der Waals surface area contributed by atoms with Gasteiger partial charge in [0.1, 0.15) is 11.6 Å². The van der Waals surface area contributed by atoms with Crippen LogP contribution in [0.4, 0.5) is 8.78 Å². The SMILES string of the molecule is Cc1cc(B2OCC(C)(C)CO2)c(F)cc1F. The van der Waals surface area contributed by atoms with Gasteiger partial charge in [0.25, 0.3) is 0 Å². The summed E-state index contributed by atoms with van der Waals surface area (Å²) < 4.78 is 37.7. The van der Waals surface area contributed by atoms with Crippen LogP contribution in [0, 0.1) is 24.0 Å². The number of hydrogen-bond donors (Lipinski definition) is 0. The zero-order valence-corrected chi connectivity index (χ0v) is 10.2. The summed E-state index contributed by atoms with van der Waals surface area (Å²) in [6.07, 6.45) is 0. The van der Waals surface area contributed by atoms with Crippen LogP contribution in [-0.2, 0) is 9.31 Å². The molecule has 17 heavy (non-hydrogen) atoms. The smallest absolute Gasteiger partial charge is 0.407 e. The predicted octanol–water partition coefficient (Wildman–Crippen LogP) is 2.04. The van der Waals surface area contributed by atoms with E-state index in [9.17, 15) is 8.78 Å². The van der Waals surface area contributed by atoms with Gasteiger partial charge in [-0.3, -0.25) is 0 Å². The minimum Gasteiger partial charge on any atom is -0.407 e. The molecule has 0 spiro atoms. The van der Waals surface area contributed by atoms with Gasteiger partial charge in [0.2, 0.25) is 0 Å². The van der Waals surface area contributed by atoms with E-state index in [4.69, 9.17) is 9.31 Å². The van der Waals surface area contributed by atoms with Gasteiger partial charge >= 0.3 is 7.12 Å². The third-order valence-corrected chi connectivity index (χ3v) is 2.78. The first-order valence-corrected chi connectivity index (χ1v) is 5.58. The molecule has 92 valence electrons. The van der Waals surface area contributed by atoms with Crippen LogP contribution in [0.5, 0.6) is 0 Å². The fraction of sp³-hybridized carbons (Fsp3) is 0.500. The van der Waals surface area contributed by atoms with E-state index in [2.05, 4.69) is 0 Å². The maximum Gasteiger partial charge on any atom is 0.496 e. The topological polar surface area (TPSA) is 18.5 Å². The summed E-state index contributed by atoms with van der Waals surface area (Å²) in [6, 6.07) is 2.31. The Labute approximate surface area is 100 Å². The Balaban J connectivity index is 2.21. The lowest BCUT2D eigenvalue weighted by molar-refractivity contribution is 0.0340. The highest BCUT2D eigenvalue weighted by Crippen LogP contribution is 2.22. The van der Waals surface area contributed by atoms with E-state index in [1.165, 1.54) is 6.07 Å². The van der Waals surface area contributed by atoms with Crippen molar-refractivity contribution in [1.82, 2.24) is 0 Å². The summed E-state index contributed by atoms with van der Waals surface area (Å²) in [6.45, 7) is 6.59. The van der Waals surface area contributed by atoms with Gasteiger partial charge in [-0.25, -0.2) is 8.78 Å². The second-order valence-corrected chi connectivity index (χ2v) is 5.24. The second kappa shape index (κ2) is 4.39. The number of rotatable bonds is 1. The van der Waals surface area contributed by atoms with Crippen molar-refractivity contribution in [2.45, 2.75) is 20.8 Å². The Bertz CT molecular complexity index is 425. The minimum atomic E-state index is -0.734. The molecule has 2 nitrogen and oxygen atoms in total. The second-order valence-electron chi connectivity index (χ2n) is 5.24. The third-order valence-electron chi connectivity index (χ3n) is 2.78. The molecule has 0 aliphatic carbocycles.